The average Bonchev–Trinajstić information content (AvgIpc) is 3.08. The summed E-state index contributed by atoms with van der Waals surface area (Å²) in [5.41, 5.74) is 7.72. The molecule has 2 aliphatic heterocycles. The first-order valence-electron chi connectivity index (χ1n) is 13.2. The molecule has 0 saturated carbocycles. The number of fused-ring (bicyclic) bond motifs is 1. The molecule has 0 spiro atoms. The topological polar surface area (TPSA) is 68.5 Å². The minimum absolute atomic E-state index is 0.334. The zero-order valence-corrected chi connectivity index (χ0v) is 22.0. The van der Waals surface area contributed by atoms with E-state index in [0.29, 0.717) is 25.1 Å². The summed E-state index contributed by atoms with van der Waals surface area (Å²) in [6.07, 6.45) is 7.72. The van der Waals surface area contributed by atoms with Crippen molar-refractivity contribution in [3.8, 4) is 22.8 Å². The largest absolute Gasteiger partial charge is 0.481 e. The number of hydrogen-bond donors (Lipinski definition) is 0. The van der Waals surface area contributed by atoms with Gasteiger partial charge in [0.25, 0.3) is 0 Å². The van der Waals surface area contributed by atoms with Crippen LogP contribution in [0.2, 0.25) is 0 Å². The molecule has 0 N–H and O–H groups in total. The van der Waals surface area contributed by atoms with E-state index in [2.05, 4.69) is 51.6 Å². The van der Waals surface area contributed by atoms with E-state index in [1.807, 2.05) is 19.3 Å². The third kappa shape index (κ3) is 5.03. The molecule has 1 saturated heterocycles. The van der Waals surface area contributed by atoms with Gasteiger partial charge in [-0.1, -0.05) is 13.3 Å². The third-order valence-corrected chi connectivity index (χ3v) is 7.46. The van der Waals surface area contributed by atoms with Crippen molar-refractivity contribution in [1.29, 1.82) is 0 Å². The van der Waals surface area contributed by atoms with Crippen molar-refractivity contribution < 1.29 is 9.47 Å². The standard InChI is InChI=1S/C28H38N6O2/c1-5-6-26(33-13-11-32(3)12-14-33)24-18-21(7-10-29-24)27-23-8-15-36-16-9-25(23)34(31-27)22-17-20(2)28(35-4)30-19-22/h7,10,17-19,26H,5-6,8-9,11-16H2,1-4H3. The molecule has 2 aliphatic rings. The summed E-state index contributed by atoms with van der Waals surface area (Å²) < 4.78 is 13.3. The maximum atomic E-state index is 5.86. The lowest BCUT2D eigenvalue weighted by Crippen LogP contribution is -2.46. The van der Waals surface area contributed by atoms with Crippen molar-refractivity contribution in [1.82, 2.24) is 29.5 Å². The van der Waals surface area contributed by atoms with Crippen LogP contribution >= 0.6 is 0 Å². The van der Waals surface area contributed by atoms with Gasteiger partial charge in [-0.25, -0.2) is 9.67 Å². The molecule has 1 fully saturated rings. The first-order chi connectivity index (χ1) is 17.6. The molecule has 192 valence electrons. The lowest BCUT2D eigenvalue weighted by molar-refractivity contribution is 0.104. The molecule has 8 heteroatoms. The van der Waals surface area contributed by atoms with E-state index in [0.717, 1.165) is 80.1 Å². The minimum Gasteiger partial charge on any atom is -0.481 e. The SMILES string of the molecule is CCCC(c1cc(-c2nn(-c3cnc(OC)c(C)c3)c3c2CCOCC3)ccn1)N1CCN(C)CC1. The fourth-order valence-electron chi connectivity index (χ4n) is 5.47. The van der Waals surface area contributed by atoms with Gasteiger partial charge in [0.2, 0.25) is 5.88 Å². The fraction of sp³-hybridized carbons (Fsp3) is 0.536. The summed E-state index contributed by atoms with van der Waals surface area (Å²) in [5, 5.41) is 5.17. The molecular formula is C28H38N6O2. The van der Waals surface area contributed by atoms with Gasteiger partial charge in [0.15, 0.2) is 0 Å². The summed E-state index contributed by atoms with van der Waals surface area (Å²) in [5.74, 6) is 0.644. The summed E-state index contributed by atoms with van der Waals surface area (Å²) in [6.45, 7) is 10.1. The van der Waals surface area contributed by atoms with Crippen LogP contribution in [-0.2, 0) is 17.6 Å². The van der Waals surface area contributed by atoms with Gasteiger partial charge in [-0.15, -0.1) is 0 Å². The van der Waals surface area contributed by atoms with Crippen LogP contribution in [0.15, 0.2) is 30.6 Å². The van der Waals surface area contributed by atoms with Gasteiger partial charge in [-0.05, 0) is 45.0 Å². The summed E-state index contributed by atoms with van der Waals surface area (Å²) in [4.78, 5) is 14.4. The van der Waals surface area contributed by atoms with Crippen LogP contribution in [0.1, 0.15) is 48.3 Å². The Balaban J connectivity index is 1.54. The molecule has 0 aliphatic carbocycles. The number of pyridine rings is 2. The molecule has 5 rings (SSSR count). The number of methoxy groups -OCH3 is 1. The zero-order valence-electron chi connectivity index (χ0n) is 22.0. The summed E-state index contributed by atoms with van der Waals surface area (Å²) in [6, 6.07) is 6.81. The molecule has 3 aromatic heterocycles. The van der Waals surface area contributed by atoms with Gasteiger partial charge in [-0.2, -0.15) is 5.10 Å². The minimum atomic E-state index is 0.334. The Hall–Kier alpha value is -2.81. The highest BCUT2D eigenvalue weighted by Gasteiger charge is 2.26. The van der Waals surface area contributed by atoms with Gasteiger partial charge < -0.3 is 14.4 Å². The van der Waals surface area contributed by atoms with Crippen LogP contribution < -0.4 is 4.74 Å². The summed E-state index contributed by atoms with van der Waals surface area (Å²) >= 11 is 0. The summed E-state index contributed by atoms with van der Waals surface area (Å²) in [7, 11) is 3.86. The first kappa shape index (κ1) is 24.9. The molecule has 1 unspecified atom stereocenters. The normalized spacial score (nSPS) is 18.0. The van der Waals surface area contributed by atoms with Gasteiger partial charge in [0, 0.05) is 55.5 Å². The van der Waals surface area contributed by atoms with Crippen molar-refractivity contribution >= 4 is 0 Å². The van der Waals surface area contributed by atoms with Gasteiger partial charge in [-0.3, -0.25) is 9.88 Å². The number of rotatable bonds is 7. The van der Waals surface area contributed by atoms with E-state index >= 15 is 0 Å². The van der Waals surface area contributed by atoms with Crippen molar-refractivity contribution in [3.63, 3.8) is 0 Å². The van der Waals surface area contributed by atoms with E-state index in [1.165, 1.54) is 11.3 Å². The highest BCUT2D eigenvalue weighted by Crippen LogP contribution is 2.33. The second-order valence-corrected chi connectivity index (χ2v) is 9.93. The quantitative estimate of drug-likeness (QED) is 0.498. The molecule has 8 nitrogen and oxygen atoms in total. The Morgan fingerprint density at radius 3 is 2.64 bits per heavy atom. The number of nitrogens with zero attached hydrogens (tertiary/aromatic N) is 6. The number of aryl methyl sites for hydroxylation is 1. The van der Waals surface area contributed by atoms with Gasteiger partial charge in [0.05, 0.1) is 55.3 Å². The van der Waals surface area contributed by atoms with Crippen LogP contribution in [0, 0.1) is 6.92 Å². The molecule has 1 atom stereocenters. The van der Waals surface area contributed by atoms with E-state index in [9.17, 15) is 0 Å². The second-order valence-electron chi connectivity index (χ2n) is 9.93. The Kier molecular flexibility index (Phi) is 7.65. The second kappa shape index (κ2) is 11.1. The van der Waals surface area contributed by atoms with Gasteiger partial charge >= 0.3 is 0 Å². The van der Waals surface area contributed by atoms with Crippen LogP contribution in [0.4, 0.5) is 0 Å². The Morgan fingerprint density at radius 2 is 1.89 bits per heavy atom. The Bertz CT molecular complexity index is 1180. The van der Waals surface area contributed by atoms with E-state index in [1.54, 1.807) is 7.11 Å². The first-order valence-corrected chi connectivity index (χ1v) is 13.2. The van der Waals surface area contributed by atoms with E-state index < -0.39 is 0 Å². The lowest BCUT2D eigenvalue weighted by Gasteiger charge is -2.37. The molecule has 3 aromatic rings. The monoisotopic (exact) mass is 490 g/mol. The number of hydrogen-bond acceptors (Lipinski definition) is 7. The number of piperazine rings is 1. The highest BCUT2D eigenvalue weighted by molar-refractivity contribution is 5.65. The van der Waals surface area contributed by atoms with Gasteiger partial charge in [0.1, 0.15) is 0 Å². The molecule has 0 bridgehead atoms. The maximum absolute atomic E-state index is 5.86. The van der Waals surface area contributed by atoms with Crippen molar-refractivity contribution in [2.24, 2.45) is 0 Å². The van der Waals surface area contributed by atoms with Crippen molar-refractivity contribution in [3.05, 3.63) is 53.1 Å². The highest BCUT2D eigenvalue weighted by atomic mass is 16.5. The number of ether oxygens (including phenoxy) is 2. The van der Waals surface area contributed by atoms with Crippen LogP contribution in [0.3, 0.4) is 0 Å². The molecule has 0 radical (unpaired) electrons. The van der Waals surface area contributed by atoms with E-state index in [-0.39, 0.29) is 0 Å². The number of likely N-dealkylation sites (N-methyl/N-ethyl adjacent to an activating group) is 1. The lowest BCUT2D eigenvalue weighted by atomic mass is 9.99. The predicted octanol–water partition coefficient (Wildman–Crippen LogP) is 3.85. The average molecular weight is 491 g/mol. The smallest absolute Gasteiger partial charge is 0.216 e. The van der Waals surface area contributed by atoms with Crippen molar-refractivity contribution in [2.45, 2.75) is 45.6 Å². The molecule has 0 aromatic carbocycles. The third-order valence-electron chi connectivity index (χ3n) is 7.46. The van der Waals surface area contributed by atoms with Crippen molar-refractivity contribution in [2.75, 3.05) is 53.6 Å². The molecule has 0 amide bonds. The molecule has 36 heavy (non-hydrogen) atoms. The molecular weight excluding hydrogens is 452 g/mol. The maximum Gasteiger partial charge on any atom is 0.216 e. The fourth-order valence-corrected chi connectivity index (χ4v) is 5.47. The van der Waals surface area contributed by atoms with E-state index in [4.69, 9.17) is 19.6 Å². The van der Waals surface area contributed by atoms with Crippen LogP contribution in [0.25, 0.3) is 16.9 Å². The molecule has 5 heterocycles. The predicted molar refractivity (Wildman–Crippen MR) is 141 cm³/mol. The Morgan fingerprint density at radius 1 is 1.08 bits per heavy atom. The number of aromatic nitrogens is 4. The Labute approximate surface area is 214 Å². The zero-order chi connectivity index (χ0) is 25.1. The van der Waals surface area contributed by atoms with Crippen LogP contribution in [0.5, 0.6) is 5.88 Å². The van der Waals surface area contributed by atoms with Crippen LogP contribution in [-0.4, -0.2) is 83.1 Å².